The maximum absolute atomic E-state index is 12.9. The molecule has 7 heteroatoms. The summed E-state index contributed by atoms with van der Waals surface area (Å²) in [4.78, 5) is 25.7. The van der Waals surface area contributed by atoms with Crippen molar-refractivity contribution in [3.05, 3.63) is 34.9 Å². The van der Waals surface area contributed by atoms with Gasteiger partial charge in [-0.05, 0) is 49.9 Å². The highest BCUT2D eigenvalue weighted by atomic mass is 35.5. The number of halogens is 1. The molecule has 4 N–H and O–H groups in total. The Bertz CT molecular complexity index is 579. The fourth-order valence-electron chi connectivity index (χ4n) is 3.14. The number of rotatable bonds is 9. The number of carbonyl (C=O) groups is 2. The number of carboxylic acid groups (broad SMARTS) is 1. The number of aliphatic carboxylic acids is 1. The van der Waals surface area contributed by atoms with Gasteiger partial charge in [0.15, 0.2) is 0 Å². The molecule has 0 spiro atoms. The summed E-state index contributed by atoms with van der Waals surface area (Å²) in [7, 11) is 0. The highest BCUT2D eigenvalue weighted by molar-refractivity contribution is 6.30. The van der Waals surface area contributed by atoms with Gasteiger partial charge in [-0.3, -0.25) is 4.79 Å². The van der Waals surface area contributed by atoms with Crippen LogP contribution in [0.2, 0.25) is 5.02 Å². The number of nitrogens with two attached hydrogens (primary N) is 1. The minimum atomic E-state index is -0.927. The van der Waals surface area contributed by atoms with Gasteiger partial charge in [0.2, 0.25) is 5.91 Å². The summed E-state index contributed by atoms with van der Waals surface area (Å²) in [5.74, 6) is -1.06. The van der Waals surface area contributed by atoms with Crippen molar-refractivity contribution in [2.75, 3.05) is 13.1 Å². The number of benzene rings is 1. The van der Waals surface area contributed by atoms with Crippen molar-refractivity contribution in [3.8, 4) is 0 Å². The van der Waals surface area contributed by atoms with Crippen LogP contribution in [0, 0.1) is 0 Å². The Labute approximate surface area is 153 Å². The van der Waals surface area contributed by atoms with E-state index in [9.17, 15) is 14.7 Å². The van der Waals surface area contributed by atoms with E-state index < -0.39 is 18.1 Å². The summed E-state index contributed by atoms with van der Waals surface area (Å²) in [6.45, 7) is 1.62. The van der Waals surface area contributed by atoms with Gasteiger partial charge in [-0.2, -0.15) is 0 Å². The number of unbranched alkanes of at least 4 members (excludes halogenated alkanes) is 1. The number of carbonyl (C=O) groups excluding carboxylic acids is 1. The van der Waals surface area contributed by atoms with Gasteiger partial charge >= 0.3 is 5.97 Å². The Morgan fingerprint density at radius 3 is 2.68 bits per heavy atom. The van der Waals surface area contributed by atoms with Gasteiger partial charge < -0.3 is 21.1 Å². The molecule has 25 heavy (non-hydrogen) atoms. The van der Waals surface area contributed by atoms with Crippen molar-refractivity contribution in [1.82, 2.24) is 10.2 Å². The third-order valence-electron chi connectivity index (χ3n) is 4.53. The second-order valence-electron chi connectivity index (χ2n) is 6.37. The molecule has 138 valence electrons. The number of likely N-dealkylation sites (tertiary alicyclic amines) is 1. The Kier molecular flexibility index (Phi) is 7.68. The van der Waals surface area contributed by atoms with Gasteiger partial charge in [-0.25, -0.2) is 4.79 Å². The maximum atomic E-state index is 12.9. The van der Waals surface area contributed by atoms with Gasteiger partial charge in [-0.1, -0.05) is 30.2 Å². The summed E-state index contributed by atoms with van der Waals surface area (Å²) in [5, 5.41) is 13.3. The first kappa shape index (κ1) is 19.7. The second kappa shape index (κ2) is 9.75. The quantitative estimate of drug-likeness (QED) is 0.580. The van der Waals surface area contributed by atoms with Crippen LogP contribution in [0.4, 0.5) is 0 Å². The van der Waals surface area contributed by atoms with Crippen LogP contribution in [-0.4, -0.2) is 47.1 Å². The first-order chi connectivity index (χ1) is 12.0. The molecule has 2 atom stereocenters. The molecule has 6 nitrogen and oxygen atoms in total. The largest absolute Gasteiger partial charge is 0.480 e. The fraction of sp³-hybridized carbons (Fsp3) is 0.556. The summed E-state index contributed by atoms with van der Waals surface area (Å²) < 4.78 is 0. The van der Waals surface area contributed by atoms with Crippen molar-refractivity contribution in [1.29, 1.82) is 0 Å². The monoisotopic (exact) mass is 367 g/mol. The zero-order chi connectivity index (χ0) is 18.2. The number of hydrogen-bond acceptors (Lipinski definition) is 4. The highest BCUT2D eigenvalue weighted by Crippen LogP contribution is 2.20. The standard InChI is InChI=1S/C18H26ClN3O3/c19-14-8-6-13(7-9-14)12-21-15(4-1-2-10-20)17(23)22-11-3-5-16(22)18(24)25/h6-9,15-16,21H,1-5,10-12,20H2,(H,24,25)/t15?,16-/m1/s1. The Morgan fingerprint density at radius 1 is 1.32 bits per heavy atom. The molecule has 0 bridgehead atoms. The van der Waals surface area contributed by atoms with E-state index in [0.717, 1.165) is 24.8 Å². The lowest BCUT2D eigenvalue weighted by atomic mass is 10.1. The van der Waals surface area contributed by atoms with E-state index in [0.29, 0.717) is 37.5 Å². The van der Waals surface area contributed by atoms with Crippen molar-refractivity contribution in [2.24, 2.45) is 5.73 Å². The number of nitrogens with zero attached hydrogens (tertiary/aromatic N) is 1. The van der Waals surface area contributed by atoms with Crippen molar-refractivity contribution in [3.63, 3.8) is 0 Å². The number of nitrogens with one attached hydrogen (secondary N) is 1. The predicted molar refractivity (Wildman–Crippen MR) is 97.4 cm³/mol. The van der Waals surface area contributed by atoms with E-state index in [1.807, 2.05) is 24.3 Å². The zero-order valence-electron chi connectivity index (χ0n) is 14.3. The molecule has 1 amide bonds. The zero-order valence-corrected chi connectivity index (χ0v) is 15.0. The molecular weight excluding hydrogens is 342 g/mol. The first-order valence-electron chi connectivity index (χ1n) is 8.74. The molecule has 0 saturated carbocycles. The minimum Gasteiger partial charge on any atom is -0.480 e. The molecule has 0 aliphatic carbocycles. The van der Waals surface area contributed by atoms with E-state index in [4.69, 9.17) is 17.3 Å². The molecular formula is C18H26ClN3O3. The lowest BCUT2D eigenvalue weighted by Crippen LogP contribution is -2.50. The first-order valence-corrected chi connectivity index (χ1v) is 9.12. The van der Waals surface area contributed by atoms with Crippen molar-refractivity contribution >= 4 is 23.5 Å². The van der Waals surface area contributed by atoms with E-state index in [-0.39, 0.29) is 5.91 Å². The average Bonchev–Trinajstić information content (AvgIpc) is 3.09. The van der Waals surface area contributed by atoms with E-state index in [1.54, 1.807) is 0 Å². The predicted octanol–water partition coefficient (Wildman–Crippen LogP) is 2.00. The lowest BCUT2D eigenvalue weighted by molar-refractivity contribution is -0.149. The summed E-state index contributed by atoms with van der Waals surface area (Å²) in [5.41, 5.74) is 6.57. The van der Waals surface area contributed by atoms with Crippen molar-refractivity contribution < 1.29 is 14.7 Å². The van der Waals surface area contributed by atoms with E-state index in [1.165, 1.54) is 4.90 Å². The fourth-order valence-corrected chi connectivity index (χ4v) is 3.26. The smallest absolute Gasteiger partial charge is 0.326 e. The normalized spacial score (nSPS) is 18.3. The molecule has 0 radical (unpaired) electrons. The Hall–Kier alpha value is -1.63. The van der Waals surface area contributed by atoms with Crippen LogP contribution in [0.25, 0.3) is 0 Å². The number of carboxylic acids is 1. The third-order valence-corrected chi connectivity index (χ3v) is 4.78. The van der Waals surface area contributed by atoms with E-state index in [2.05, 4.69) is 5.32 Å². The molecule has 2 rings (SSSR count). The lowest BCUT2D eigenvalue weighted by Gasteiger charge is -2.27. The molecule has 1 aromatic rings. The van der Waals surface area contributed by atoms with Gasteiger partial charge in [-0.15, -0.1) is 0 Å². The van der Waals surface area contributed by atoms with Crippen LogP contribution in [0.1, 0.15) is 37.7 Å². The van der Waals surface area contributed by atoms with Gasteiger partial charge in [0, 0.05) is 18.1 Å². The van der Waals surface area contributed by atoms with Crippen molar-refractivity contribution in [2.45, 2.75) is 50.7 Å². The van der Waals surface area contributed by atoms with E-state index >= 15 is 0 Å². The second-order valence-corrected chi connectivity index (χ2v) is 6.81. The van der Waals surface area contributed by atoms with Gasteiger partial charge in [0.25, 0.3) is 0 Å². The topological polar surface area (TPSA) is 95.7 Å². The number of amides is 1. The van der Waals surface area contributed by atoms with Crippen LogP contribution < -0.4 is 11.1 Å². The number of hydrogen-bond donors (Lipinski definition) is 3. The molecule has 1 unspecified atom stereocenters. The maximum Gasteiger partial charge on any atom is 0.326 e. The Morgan fingerprint density at radius 2 is 2.04 bits per heavy atom. The molecule has 1 aliphatic heterocycles. The molecule has 1 fully saturated rings. The average molecular weight is 368 g/mol. The third kappa shape index (κ3) is 5.70. The van der Waals surface area contributed by atoms with Crippen LogP contribution >= 0.6 is 11.6 Å². The van der Waals surface area contributed by atoms with Crippen LogP contribution in [0.3, 0.4) is 0 Å². The SMILES string of the molecule is NCCCCC(NCc1ccc(Cl)cc1)C(=O)N1CCC[C@@H]1C(=O)O. The van der Waals surface area contributed by atoms with Crippen LogP contribution in [0.5, 0.6) is 0 Å². The van der Waals surface area contributed by atoms with Gasteiger partial charge in [0.05, 0.1) is 6.04 Å². The van der Waals surface area contributed by atoms with Crippen LogP contribution in [-0.2, 0) is 16.1 Å². The summed E-state index contributed by atoms with van der Waals surface area (Å²) >= 11 is 5.89. The molecule has 0 aromatic heterocycles. The Balaban J connectivity index is 2.01. The summed E-state index contributed by atoms with van der Waals surface area (Å²) in [6.07, 6.45) is 3.57. The van der Waals surface area contributed by atoms with Crippen LogP contribution in [0.15, 0.2) is 24.3 Å². The minimum absolute atomic E-state index is 0.129. The highest BCUT2D eigenvalue weighted by Gasteiger charge is 2.36. The molecule has 1 heterocycles. The molecule has 1 aromatic carbocycles. The molecule has 1 aliphatic rings. The summed E-state index contributed by atoms with van der Waals surface area (Å²) in [6, 6.07) is 6.33. The van der Waals surface area contributed by atoms with Gasteiger partial charge in [0.1, 0.15) is 6.04 Å². The molecule has 1 saturated heterocycles.